The van der Waals surface area contributed by atoms with Crippen LogP contribution in [0.25, 0.3) is 0 Å². The third-order valence-electron chi connectivity index (χ3n) is 2.87. The monoisotopic (exact) mass is 386 g/mol. The van der Waals surface area contributed by atoms with Gasteiger partial charge in [0.15, 0.2) is 0 Å². The fourth-order valence-corrected chi connectivity index (χ4v) is 2.19. The molecule has 2 rings (SSSR count). The Morgan fingerprint density at radius 2 is 2.20 bits per heavy atom. The number of para-hydroxylation sites is 1. The van der Waals surface area contributed by atoms with E-state index in [1.165, 1.54) is 17.0 Å². The van der Waals surface area contributed by atoms with Crippen LogP contribution >= 0.6 is 22.6 Å². The maximum absolute atomic E-state index is 12.1. The van der Waals surface area contributed by atoms with Crippen LogP contribution in [0.5, 0.6) is 0 Å². The van der Waals surface area contributed by atoms with Crippen molar-refractivity contribution in [3.05, 3.63) is 59.8 Å². The van der Waals surface area contributed by atoms with Gasteiger partial charge in [0.25, 0.3) is 11.2 Å². The number of halogens is 1. The molecule has 0 spiro atoms. The summed E-state index contributed by atoms with van der Waals surface area (Å²) in [6.45, 7) is 1.89. The molecule has 1 aromatic carbocycles. The molecule has 0 atom stereocenters. The first kappa shape index (κ1) is 14.4. The summed E-state index contributed by atoms with van der Waals surface area (Å²) in [7, 11) is 0. The molecule has 0 bridgehead atoms. The lowest BCUT2D eigenvalue weighted by Crippen LogP contribution is -2.25. The second-order valence-electron chi connectivity index (χ2n) is 4.18. The SMILES string of the molecule is Cc1ncn(Cc2cccc([N+](=O)[O-])c2N)c(=O)c1I. The number of anilines is 1. The first-order valence-electron chi connectivity index (χ1n) is 5.65. The van der Waals surface area contributed by atoms with Crippen molar-refractivity contribution < 1.29 is 4.92 Å². The summed E-state index contributed by atoms with van der Waals surface area (Å²) < 4.78 is 1.90. The van der Waals surface area contributed by atoms with Crippen molar-refractivity contribution in [2.24, 2.45) is 0 Å². The van der Waals surface area contributed by atoms with Gasteiger partial charge in [-0.25, -0.2) is 4.98 Å². The summed E-state index contributed by atoms with van der Waals surface area (Å²) in [5.41, 5.74) is 6.66. The number of nitrogen functional groups attached to an aromatic ring is 1. The fourth-order valence-electron chi connectivity index (χ4n) is 1.74. The van der Waals surface area contributed by atoms with Crippen LogP contribution in [-0.2, 0) is 6.54 Å². The summed E-state index contributed by atoms with van der Waals surface area (Å²) in [5, 5.41) is 10.8. The van der Waals surface area contributed by atoms with Crippen molar-refractivity contribution in [1.82, 2.24) is 9.55 Å². The molecule has 7 nitrogen and oxygen atoms in total. The molecular weight excluding hydrogens is 375 g/mol. The van der Waals surface area contributed by atoms with E-state index in [0.29, 0.717) is 14.8 Å². The Labute approximate surface area is 127 Å². The molecule has 2 aromatic rings. The van der Waals surface area contributed by atoms with E-state index in [1.807, 2.05) is 22.6 Å². The topological polar surface area (TPSA) is 104 Å². The van der Waals surface area contributed by atoms with Gasteiger partial charge in [0.2, 0.25) is 0 Å². The summed E-state index contributed by atoms with van der Waals surface area (Å²) in [4.78, 5) is 26.5. The molecule has 0 aliphatic heterocycles. The van der Waals surface area contributed by atoms with E-state index < -0.39 is 4.92 Å². The van der Waals surface area contributed by atoms with Crippen molar-refractivity contribution in [1.29, 1.82) is 0 Å². The van der Waals surface area contributed by atoms with Gasteiger partial charge in [-0.2, -0.15) is 0 Å². The third kappa shape index (κ3) is 2.64. The minimum atomic E-state index is -0.543. The molecule has 0 aliphatic carbocycles. The highest BCUT2D eigenvalue weighted by Crippen LogP contribution is 2.25. The maximum atomic E-state index is 12.1. The number of aromatic nitrogens is 2. The Kier molecular flexibility index (Phi) is 4.02. The van der Waals surface area contributed by atoms with Gasteiger partial charge in [-0.3, -0.25) is 19.5 Å². The predicted molar refractivity (Wildman–Crippen MR) is 82.6 cm³/mol. The van der Waals surface area contributed by atoms with Gasteiger partial charge >= 0.3 is 0 Å². The van der Waals surface area contributed by atoms with Crippen LogP contribution in [0, 0.1) is 20.6 Å². The number of hydrogen-bond donors (Lipinski definition) is 1. The number of nitro benzene ring substituents is 1. The van der Waals surface area contributed by atoms with Crippen molar-refractivity contribution in [3.63, 3.8) is 0 Å². The van der Waals surface area contributed by atoms with E-state index in [4.69, 9.17) is 5.73 Å². The molecule has 1 heterocycles. The molecule has 0 fully saturated rings. The number of nitro groups is 1. The minimum absolute atomic E-state index is 0.0694. The third-order valence-corrected chi connectivity index (χ3v) is 4.11. The molecular formula is C12H11IN4O3. The molecule has 2 N–H and O–H groups in total. The number of nitrogens with two attached hydrogens (primary N) is 1. The molecule has 0 radical (unpaired) electrons. The lowest BCUT2D eigenvalue weighted by molar-refractivity contribution is -0.383. The van der Waals surface area contributed by atoms with Crippen molar-refractivity contribution in [2.45, 2.75) is 13.5 Å². The van der Waals surface area contributed by atoms with Crippen LogP contribution in [0.3, 0.4) is 0 Å². The standard InChI is InChI=1S/C12H11IN4O3/c1-7-10(13)12(18)16(6-15-7)5-8-3-2-4-9(11(8)14)17(19)20/h2-4,6H,5,14H2,1H3. The van der Waals surface area contributed by atoms with Crippen LogP contribution in [-0.4, -0.2) is 14.5 Å². The molecule has 0 saturated heterocycles. The second kappa shape index (κ2) is 5.57. The van der Waals surface area contributed by atoms with Crippen LogP contribution < -0.4 is 11.3 Å². The molecule has 8 heteroatoms. The molecule has 0 amide bonds. The van der Waals surface area contributed by atoms with E-state index in [-0.39, 0.29) is 23.5 Å². The zero-order chi connectivity index (χ0) is 14.9. The molecule has 0 unspecified atom stereocenters. The molecule has 0 aliphatic rings. The lowest BCUT2D eigenvalue weighted by Gasteiger charge is -2.09. The Morgan fingerprint density at radius 3 is 2.85 bits per heavy atom. The highest BCUT2D eigenvalue weighted by atomic mass is 127. The number of nitrogens with zero attached hydrogens (tertiary/aromatic N) is 3. The Hall–Kier alpha value is -1.97. The van der Waals surface area contributed by atoms with Gasteiger partial charge in [0, 0.05) is 11.6 Å². The minimum Gasteiger partial charge on any atom is -0.393 e. The maximum Gasteiger partial charge on any atom is 0.292 e. The average molecular weight is 386 g/mol. The van der Waals surface area contributed by atoms with Crippen molar-refractivity contribution >= 4 is 34.0 Å². The van der Waals surface area contributed by atoms with Crippen LogP contribution in [0.2, 0.25) is 0 Å². The van der Waals surface area contributed by atoms with Gasteiger partial charge in [-0.15, -0.1) is 0 Å². The predicted octanol–water partition coefficient (Wildman–Crippen LogP) is 1.70. The molecule has 0 saturated carbocycles. The van der Waals surface area contributed by atoms with Crippen LogP contribution in [0.15, 0.2) is 29.3 Å². The Bertz CT molecular complexity index is 742. The van der Waals surface area contributed by atoms with Crippen molar-refractivity contribution in [2.75, 3.05) is 5.73 Å². The van der Waals surface area contributed by atoms with Gasteiger partial charge in [-0.05, 0) is 29.5 Å². The summed E-state index contributed by atoms with van der Waals surface area (Å²) in [5.74, 6) is 0. The van der Waals surface area contributed by atoms with Gasteiger partial charge in [0.05, 0.1) is 27.1 Å². The van der Waals surface area contributed by atoms with Gasteiger partial charge in [0.1, 0.15) is 5.69 Å². The largest absolute Gasteiger partial charge is 0.393 e. The molecule has 1 aromatic heterocycles. The van der Waals surface area contributed by atoms with Gasteiger partial charge in [-0.1, -0.05) is 12.1 Å². The first-order valence-corrected chi connectivity index (χ1v) is 6.73. The summed E-state index contributed by atoms with van der Waals surface area (Å²) in [6.07, 6.45) is 1.41. The Balaban J connectivity index is 2.46. The average Bonchev–Trinajstić information content (AvgIpc) is 2.41. The normalized spacial score (nSPS) is 10.5. The van der Waals surface area contributed by atoms with E-state index in [9.17, 15) is 14.9 Å². The first-order chi connectivity index (χ1) is 9.41. The highest BCUT2D eigenvalue weighted by Gasteiger charge is 2.15. The number of benzene rings is 1. The summed E-state index contributed by atoms with van der Waals surface area (Å²) in [6, 6.07) is 4.53. The Morgan fingerprint density at radius 1 is 1.50 bits per heavy atom. The fraction of sp³-hybridized carbons (Fsp3) is 0.167. The lowest BCUT2D eigenvalue weighted by atomic mass is 10.1. The van der Waals surface area contributed by atoms with Crippen LogP contribution in [0.1, 0.15) is 11.3 Å². The van der Waals surface area contributed by atoms with Crippen molar-refractivity contribution in [3.8, 4) is 0 Å². The highest BCUT2D eigenvalue weighted by molar-refractivity contribution is 14.1. The molecule has 20 heavy (non-hydrogen) atoms. The zero-order valence-electron chi connectivity index (χ0n) is 10.5. The number of hydrogen-bond acceptors (Lipinski definition) is 5. The smallest absolute Gasteiger partial charge is 0.292 e. The van der Waals surface area contributed by atoms with E-state index in [2.05, 4.69) is 4.98 Å². The van der Waals surface area contributed by atoms with E-state index >= 15 is 0 Å². The van der Waals surface area contributed by atoms with Gasteiger partial charge < -0.3 is 5.73 Å². The van der Waals surface area contributed by atoms with E-state index in [1.54, 1.807) is 19.1 Å². The zero-order valence-corrected chi connectivity index (χ0v) is 12.7. The van der Waals surface area contributed by atoms with E-state index in [0.717, 1.165) is 0 Å². The quantitative estimate of drug-likeness (QED) is 0.374. The number of aryl methyl sites for hydroxylation is 1. The molecule has 104 valence electrons. The van der Waals surface area contributed by atoms with Crippen LogP contribution in [0.4, 0.5) is 11.4 Å². The second-order valence-corrected chi connectivity index (χ2v) is 5.26. The number of rotatable bonds is 3. The summed E-state index contributed by atoms with van der Waals surface area (Å²) >= 11 is 1.93.